The summed E-state index contributed by atoms with van der Waals surface area (Å²) in [4.78, 5) is 32.3. The summed E-state index contributed by atoms with van der Waals surface area (Å²) >= 11 is 3.27. The van der Waals surface area contributed by atoms with Gasteiger partial charge in [-0.1, -0.05) is 6.92 Å². The molecule has 2 aliphatic rings. The van der Waals surface area contributed by atoms with E-state index in [2.05, 4.69) is 37.8 Å². The van der Waals surface area contributed by atoms with Crippen LogP contribution in [0.4, 0.5) is 5.69 Å². The zero-order chi connectivity index (χ0) is 21.8. The van der Waals surface area contributed by atoms with Gasteiger partial charge in [-0.2, -0.15) is 9.50 Å². The van der Waals surface area contributed by atoms with Crippen molar-refractivity contribution in [2.75, 3.05) is 24.6 Å². The van der Waals surface area contributed by atoms with E-state index in [4.69, 9.17) is 4.74 Å². The molecule has 0 radical (unpaired) electrons. The maximum absolute atomic E-state index is 13.4. The van der Waals surface area contributed by atoms with Gasteiger partial charge in [0.25, 0.3) is 5.56 Å². The SMILES string of the molecule is CC1CC(CO)n2c1c(N1CCC(C(=O)OC(C)(C)C)CC1)c(=O)n1nc(Br)nc21. The van der Waals surface area contributed by atoms with Gasteiger partial charge in [-0.15, -0.1) is 5.10 Å². The number of aliphatic hydroxyl groups excluding tert-OH is 1. The molecule has 4 rings (SSSR count). The van der Waals surface area contributed by atoms with Gasteiger partial charge >= 0.3 is 5.97 Å². The highest BCUT2D eigenvalue weighted by atomic mass is 79.9. The van der Waals surface area contributed by atoms with Crippen molar-refractivity contribution < 1.29 is 14.6 Å². The summed E-state index contributed by atoms with van der Waals surface area (Å²) in [5.74, 6) is 0.211. The Morgan fingerprint density at radius 2 is 1.97 bits per heavy atom. The molecular formula is C20H28BrN5O4. The van der Waals surface area contributed by atoms with Crippen LogP contribution in [0, 0.1) is 5.92 Å². The van der Waals surface area contributed by atoms with Gasteiger partial charge in [0.05, 0.1) is 24.3 Å². The van der Waals surface area contributed by atoms with E-state index in [0.717, 1.165) is 12.1 Å². The van der Waals surface area contributed by atoms with Gasteiger partial charge in [-0.05, 0) is 56.0 Å². The molecule has 0 bridgehead atoms. The molecule has 0 saturated carbocycles. The van der Waals surface area contributed by atoms with Crippen LogP contribution in [-0.2, 0) is 9.53 Å². The zero-order valence-electron chi connectivity index (χ0n) is 17.8. The Hall–Kier alpha value is -1.94. The van der Waals surface area contributed by atoms with Crippen molar-refractivity contribution >= 4 is 33.4 Å². The summed E-state index contributed by atoms with van der Waals surface area (Å²) in [7, 11) is 0. The third-order valence-corrected chi connectivity index (χ3v) is 6.23. The second kappa shape index (κ2) is 7.64. The molecule has 30 heavy (non-hydrogen) atoms. The van der Waals surface area contributed by atoms with Crippen LogP contribution < -0.4 is 10.5 Å². The van der Waals surface area contributed by atoms with Crippen molar-refractivity contribution in [1.82, 2.24) is 19.2 Å². The molecule has 10 heteroatoms. The number of carbonyl (C=O) groups excluding carboxylic acids is 1. The minimum absolute atomic E-state index is 0.0273. The van der Waals surface area contributed by atoms with E-state index in [-0.39, 0.29) is 36.0 Å². The van der Waals surface area contributed by atoms with Crippen molar-refractivity contribution in [1.29, 1.82) is 0 Å². The standard InChI is InChI=1S/C20H28BrN5O4/c1-11-9-13(10-27)25-14(11)15(16(28)26-19(25)22-18(21)23-26)24-7-5-12(6-8-24)17(29)30-20(2,3)4/h11-13,27H,5-10H2,1-4H3. The fourth-order valence-corrected chi connectivity index (χ4v) is 4.95. The molecule has 2 aromatic heterocycles. The molecule has 1 fully saturated rings. The van der Waals surface area contributed by atoms with Gasteiger partial charge < -0.3 is 19.3 Å². The lowest BCUT2D eigenvalue weighted by atomic mass is 9.95. The molecule has 9 nitrogen and oxygen atoms in total. The van der Waals surface area contributed by atoms with E-state index in [1.165, 1.54) is 4.52 Å². The number of ether oxygens (including phenoxy) is 1. The molecular weight excluding hydrogens is 454 g/mol. The lowest BCUT2D eigenvalue weighted by Crippen LogP contribution is -2.42. The van der Waals surface area contributed by atoms with Gasteiger partial charge in [0, 0.05) is 19.0 Å². The normalized spacial score (nSPS) is 22.5. The molecule has 0 spiro atoms. The second-order valence-corrected chi connectivity index (χ2v) is 9.98. The van der Waals surface area contributed by atoms with Gasteiger partial charge in [0.15, 0.2) is 0 Å². The van der Waals surface area contributed by atoms with Crippen LogP contribution in [0.25, 0.3) is 5.78 Å². The summed E-state index contributed by atoms with van der Waals surface area (Å²) in [5.41, 5.74) is 0.775. The molecule has 0 aliphatic carbocycles. The molecule has 2 unspecified atom stereocenters. The second-order valence-electron chi connectivity index (χ2n) is 9.27. The van der Waals surface area contributed by atoms with Crippen LogP contribution in [0.15, 0.2) is 9.53 Å². The molecule has 2 aromatic rings. The summed E-state index contributed by atoms with van der Waals surface area (Å²) in [5, 5.41) is 14.2. The minimum Gasteiger partial charge on any atom is -0.460 e. The van der Waals surface area contributed by atoms with E-state index in [9.17, 15) is 14.7 Å². The highest BCUT2D eigenvalue weighted by Gasteiger charge is 2.38. The third-order valence-electron chi connectivity index (χ3n) is 5.90. The van der Waals surface area contributed by atoms with E-state index >= 15 is 0 Å². The van der Waals surface area contributed by atoms with E-state index in [1.54, 1.807) is 0 Å². The molecule has 0 amide bonds. The van der Waals surface area contributed by atoms with Gasteiger partial charge in [0.1, 0.15) is 11.3 Å². The minimum atomic E-state index is -0.506. The van der Waals surface area contributed by atoms with Crippen LogP contribution in [0.3, 0.4) is 0 Å². The zero-order valence-corrected chi connectivity index (χ0v) is 19.3. The molecule has 2 atom stereocenters. The Bertz CT molecular complexity index is 1030. The topological polar surface area (TPSA) is 102 Å². The maximum atomic E-state index is 13.4. The van der Waals surface area contributed by atoms with Crippen LogP contribution in [0.5, 0.6) is 0 Å². The number of esters is 1. The van der Waals surface area contributed by atoms with E-state index in [1.807, 2.05) is 25.3 Å². The molecule has 164 valence electrons. The predicted octanol–water partition coefficient (Wildman–Crippen LogP) is 2.25. The maximum Gasteiger partial charge on any atom is 0.309 e. The smallest absolute Gasteiger partial charge is 0.309 e. The summed E-state index contributed by atoms with van der Waals surface area (Å²) in [6.07, 6.45) is 2.00. The number of fused-ring (bicyclic) bond motifs is 3. The Morgan fingerprint density at radius 3 is 2.57 bits per heavy atom. The quantitative estimate of drug-likeness (QED) is 0.670. The number of aliphatic hydroxyl groups is 1. The number of carbonyl (C=O) groups is 1. The molecule has 1 N–H and O–H groups in total. The Kier molecular flexibility index (Phi) is 5.42. The lowest BCUT2D eigenvalue weighted by molar-refractivity contribution is -0.160. The first-order valence-corrected chi connectivity index (χ1v) is 11.2. The highest BCUT2D eigenvalue weighted by molar-refractivity contribution is 9.10. The van der Waals surface area contributed by atoms with Crippen molar-refractivity contribution in [2.45, 2.75) is 64.5 Å². The Morgan fingerprint density at radius 1 is 1.30 bits per heavy atom. The van der Waals surface area contributed by atoms with E-state index < -0.39 is 5.60 Å². The van der Waals surface area contributed by atoms with Crippen LogP contribution in [-0.4, -0.2) is 55.5 Å². The first kappa shape index (κ1) is 21.3. The van der Waals surface area contributed by atoms with E-state index in [0.29, 0.717) is 42.1 Å². The summed E-state index contributed by atoms with van der Waals surface area (Å²) in [6.45, 7) is 8.83. The number of anilines is 1. The number of halogens is 1. The monoisotopic (exact) mass is 481 g/mol. The van der Waals surface area contributed by atoms with Gasteiger partial charge in [0.2, 0.25) is 10.5 Å². The number of aromatic nitrogens is 4. The fourth-order valence-electron chi connectivity index (χ4n) is 4.64. The average Bonchev–Trinajstić information content (AvgIpc) is 3.21. The summed E-state index contributed by atoms with van der Waals surface area (Å²) < 4.78 is 9.15. The molecule has 2 aliphatic heterocycles. The number of hydrogen-bond acceptors (Lipinski definition) is 7. The first-order chi connectivity index (χ1) is 14.1. The fraction of sp³-hybridized carbons (Fsp3) is 0.700. The largest absolute Gasteiger partial charge is 0.460 e. The number of hydrogen-bond donors (Lipinski definition) is 1. The first-order valence-electron chi connectivity index (χ1n) is 10.4. The van der Waals surface area contributed by atoms with Crippen LogP contribution in [0.1, 0.15) is 64.6 Å². The number of nitrogens with zero attached hydrogens (tertiary/aromatic N) is 5. The molecule has 4 heterocycles. The molecule has 1 saturated heterocycles. The number of rotatable bonds is 3. The summed E-state index contributed by atoms with van der Waals surface area (Å²) in [6, 6.07) is -0.146. The van der Waals surface area contributed by atoms with Crippen molar-refractivity contribution in [3.8, 4) is 0 Å². The lowest BCUT2D eigenvalue weighted by Gasteiger charge is -2.34. The third kappa shape index (κ3) is 3.64. The highest BCUT2D eigenvalue weighted by Crippen LogP contribution is 2.41. The van der Waals surface area contributed by atoms with Crippen molar-refractivity contribution in [3.05, 3.63) is 20.8 Å². The average molecular weight is 482 g/mol. The van der Waals surface area contributed by atoms with Crippen molar-refractivity contribution in [3.63, 3.8) is 0 Å². The van der Waals surface area contributed by atoms with Gasteiger partial charge in [-0.3, -0.25) is 9.59 Å². The van der Waals surface area contributed by atoms with Gasteiger partial charge in [-0.25, -0.2) is 0 Å². The molecule has 0 aromatic carbocycles. The Balaban J connectivity index is 1.69. The van der Waals surface area contributed by atoms with Crippen LogP contribution >= 0.6 is 15.9 Å². The van der Waals surface area contributed by atoms with Crippen molar-refractivity contribution in [2.24, 2.45) is 5.92 Å². The predicted molar refractivity (Wildman–Crippen MR) is 115 cm³/mol. The Labute approximate surface area is 183 Å². The van der Waals surface area contributed by atoms with Crippen LogP contribution in [0.2, 0.25) is 0 Å². The number of piperidine rings is 1.